The molecule has 0 N–H and O–H groups in total. The largest absolute Gasteiger partial charge is 0.496 e. The maximum Gasteiger partial charge on any atom is 0.247 e. The van der Waals surface area contributed by atoms with Crippen LogP contribution in [0.15, 0.2) is 59.5 Å². The van der Waals surface area contributed by atoms with Crippen molar-refractivity contribution in [3.05, 3.63) is 65.7 Å². The van der Waals surface area contributed by atoms with Crippen LogP contribution in [0.25, 0.3) is 6.08 Å². The lowest BCUT2D eigenvalue weighted by atomic mass is 10.0. The molecule has 1 aliphatic heterocycles. The highest BCUT2D eigenvalue weighted by Crippen LogP contribution is 2.37. The smallest absolute Gasteiger partial charge is 0.247 e. The molecule has 0 spiro atoms. The number of sulfonamides is 1. The van der Waals surface area contributed by atoms with Crippen LogP contribution < -0.4 is 4.74 Å². The molecule has 0 aromatic heterocycles. The molecular formula is C22H26N2O4S. The zero-order valence-electron chi connectivity index (χ0n) is 16.9. The summed E-state index contributed by atoms with van der Waals surface area (Å²) in [6.07, 6.45) is 5.10. The Labute approximate surface area is 172 Å². The molecule has 1 saturated heterocycles. The fraction of sp³-hybridized carbons (Fsp3) is 0.318. The number of para-hydroxylation sites is 1. The van der Waals surface area contributed by atoms with E-state index in [0.29, 0.717) is 6.54 Å². The highest BCUT2D eigenvalue weighted by atomic mass is 32.2. The molecule has 0 bridgehead atoms. The quantitative estimate of drug-likeness (QED) is 0.680. The molecule has 3 rings (SSSR count). The van der Waals surface area contributed by atoms with E-state index >= 15 is 0 Å². The number of likely N-dealkylation sites (tertiary alicyclic amines) is 1. The van der Waals surface area contributed by atoms with Gasteiger partial charge in [-0.1, -0.05) is 30.3 Å². The van der Waals surface area contributed by atoms with Crippen molar-refractivity contribution in [3.63, 3.8) is 0 Å². The van der Waals surface area contributed by atoms with Gasteiger partial charge in [-0.25, -0.2) is 12.7 Å². The van der Waals surface area contributed by atoms with Gasteiger partial charge in [-0.15, -0.1) is 0 Å². The zero-order chi connectivity index (χ0) is 21.0. The number of nitrogens with zero attached hydrogens (tertiary/aromatic N) is 2. The summed E-state index contributed by atoms with van der Waals surface area (Å²) in [6, 6.07) is 14.3. The van der Waals surface area contributed by atoms with E-state index in [1.165, 1.54) is 18.4 Å². The Morgan fingerprint density at radius 3 is 2.48 bits per heavy atom. The highest BCUT2D eigenvalue weighted by Gasteiger charge is 2.30. The molecule has 1 amide bonds. The van der Waals surface area contributed by atoms with E-state index in [1.807, 2.05) is 29.2 Å². The van der Waals surface area contributed by atoms with Gasteiger partial charge < -0.3 is 9.64 Å². The molecule has 1 atom stereocenters. The number of carbonyl (C=O) groups is 1. The van der Waals surface area contributed by atoms with E-state index in [0.717, 1.165) is 29.7 Å². The van der Waals surface area contributed by atoms with Crippen LogP contribution in [0.3, 0.4) is 0 Å². The second-order valence-electron chi connectivity index (χ2n) is 7.12. The summed E-state index contributed by atoms with van der Waals surface area (Å²) in [7, 11) is 1.17. The van der Waals surface area contributed by atoms with Crippen molar-refractivity contribution in [3.8, 4) is 5.75 Å². The predicted octanol–water partition coefficient (Wildman–Crippen LogP) is 3.32. The number of carbonyl (C=O) groups excluding carboxylic acids is 1. The highest BCUT2D eigenvalue weighted by molar-refractivity contribution is 7.89. The first-order chi connectivity index (χ1) is 13.8. The molecule has 0 saturated carbocycles. The molecule has 2 aromatic carbocycles. The van der Waals surface area contributed by atoms with Crippen LogP contribution in [0.2, 0.25) is 0 Å². The Kier molecular flexibility index (Phi) is 6.39. The van der Waals surface area contributed by atoms with Gasteiger partial charge in [0.1, 0.15) is 5.75 Å². The van der Waals surface area contributed by atoms with Crippen LogP contribution in [0.5, 0.6) is 5.75 Å². The molecule has 29 heavy (non-hydrogen) atoms. The number of hydrogen-bond acceptors (Lipinski definition) is 4. The van der Waals surface area contributed by atoms with Gasteiger partial charge in [0, 0.05) is 32.3 Å². The van der Waals surface area contributed by atoms with E-state index in [1.54, 1.807) is 43.5 Å². The fourth-order valence-corrected chi connectivity index (χ4v) is 4.42. The lowest BCUT2D eigenvalue weighted by molar-refractivity contribution is -0.126. The Morgan fingerprint density at radius 1 is 1.14 bits per heavy atom. The first-order valence-electron chi connectivity index (χ1n) is 9.49. The molecule has 2 aromatic rings. The molecule has 0 radical (unpaired) electrons. The first kappa shape index (κ1) is 21.1. The van der Waals surface area contributed by atoms with Gasteiger partial charge in [-0.2, -0.15) is 0 Å². The molecule has 1 heterocycles. The third-order valence-corrected chi connectivity index (χ3v) is 6.94. The lowest BCUT2D eigenvalue weighted by Gasteiger charge is -2.25. The Bertz CT molecular complexity index is 998. The molecule has 6 nitrogen and oxygen atoms in total. The van der Waals surface area contributed by atoms with Gasteiger partial charge in [0.25, 0.3) is 0 Å². The Hall–Kier alpha value is -2.64. The van der Waals surface area contributed by atoms with Crippen LogP contribution in [-0.2, 0) is 14.8 Å². The van der Waals surface area contributed by atoms with Gasteiger partial charge in [0.2, 0.25) is 15.9 Å². The minimum Gasteiger partial charge on any atom is -0.496 e. The van der Waals surface area contributed by atoms with Crippen LogP contribution in [0.4, 0.5) is 0 Å². The van der Waals surface area contributed by atoms with E-state index in [9.17, 15) is 13.2 Å². The third-order valence-electron chi connectivity index (χ3n) is 5.11. The average molecular weight is 415 g/mol. The summed E-state index contributed by atoms with van der Waals surface area (Å²) < 4.78 is 30.9. The molecule has 0 aliphatic carbocycles. The van der Waals surface area contributed by atoms with Gasteiger partial charge in [-0.3, -0.25) is 4.79 Å². The average Bonchev–Trinajstić information content (AvgIpc) is 3.22. The second-order valence-corrected chi connectivity index (χ2v) is 9.27. The predicted molar refractivity (Wildman–Crippen MR) is 113 cm³/mol. The summed E-state index contributed by atoms with van der Waals surface area (Å²) in [6.45, 7) is 0.700. The van der Waals surface area contributed by atoms with Crippen molar-refractivity contribution < 1.29 is 17.9 Å². The van der Waals surface area contributed by atoms with Crippen molar-refractivity contribution in [2.45, 2.75) is 23.8 Å². The molecule has 7 heteroatoms. The zero-order valence-corrected chi connectivity index (χ0v) is 17.7. The number of hydrogen-bond donors (Lipinski definition) is 0. The summed E-state index contributed by atoms with van der Waals surface area (Å²) >= 11 is 0. The summed E-state index contributed by atoms with van der Waals surface area (Å²) in [4.78, 5) is 14.9. The number of rotatable bonds is 6. The van der Waals surface area contributed by atoms with Gasteiger partial charge >= 0.3 is 0 Å². The van der Waals surface area contributed by atoms with Gasteiger partial charge in [0.15, 0.2) is 0 Å². The molecule has 1 fully saturated rings. The normalized spacial score (nSPS) is 17.2. The van der Waals surface area contributed by atoms with Crippen molar-refractivity contribution >= 4 is 22.0 Å². The van der Waals surface area contributed by atoms with Crippen LogP contribution in [0.1, 0.15) is 30.0 Å². The van der Waals surface area contributed by atoms with Crippen LogP contribution >= 0.6 is 0 Å². The van der Waals surface area contributed by atoms with Crippen LogP contribution in [-0.4, -0.2) is 51.3 Å². The maximum atomic E-state index is 12.8. The summed E-state index contributed by atoms with van der Waals surface area (Å²) in [5, 5.41) is 0. The van der Waals surface area contributed by atoms with E-state index < -0.39 is 10.0 Å². The second kappa shape index (κ2) is 8.80. The number of benzene rings is 2. The lowest BCUT2D eigenvalue weighted by Crippen LogP contribution is -2.29. The monoisotopic (exact) mass is 414 g/mol. The van der Waals surface area contributed by atoms with Crippen molar-refractivity contribution in [1.29, 1.82) is 0 Å². The van der Waals surface area contributed by atoms with Crippen molar-refractivity contribution in [1.82, 2.24) is 9.21 Å². The number of amides is 1. The molecule has 154 valence electrons. The SMILES string of the molecule is COc1ccccc1C1CCCN1C(=O)/C=C/c1ccc(S(=O)(=O)N(C)C)cc1. The summed E-state index contributed by atoms with van der Waals surface area (Å²) in [5.74, 6) is 0.724. The van der Waals surface area contributed by atoms with Gasteiger partial charge in [0.05, 0.1) is 18.0 Å². The van der Waals surface area contributed by atoms with E-state index in [4.69, 9.17) is 4.74 Å². The van der Waals surface area contributed by atoms with Crippen molar-refractivity contribution in [2.75, 3.05) is 27.7 Å². The first-order valence-corrected chi connectivity index (χ1v) is 10.9. The Morgan fingerprint density at radius 2 is 1.83 bits per heavy atom. The third kappa shape index (κ3) is 4.52. The van der Waals surface area contributed by atoms with Crippen LogP contribution in [0, 0.1) is 0 Å². The summed E-state index contributed by atoms with van der Waals surface area (Å²) in [5.41, 5.74) is 1.79. The topological polar surface area (TPSA) is 66.9 Å². The minimum atomic E-state index is -3.46. The molecular weight excluding hydrogens is 388 g/mol. The Balaban J connectivity index is 1.75. The minimum absolute atomic E-state index is 0.00379. The van der Waals surface area contributed by atoms with E-state index in [-0.39, 0.29) is 16.8 Å². The molecule has 1 aliphatic rings. The standard InChI is InChI=1S/C22H26N2O4S/c1-23(2)29(26,27)18-13-10-17(11-14-18)12-15-22(25)24-16-6-8-20(24)19-7-4-5-9-21(19)28-3/h4-5,7,9-15,20H,6,8,16H2,1-3H3/b15-12+. The van der Waals surface area contributed by atoms with Gasteiger partial charge in [-0.05, 0) is 42.7 Å². The van der Waals surface area contributed by atoms with Crippen molar-refractivity contribution in [2.24, 2.45) is 0 Å². The number of ether oxygens (including phenoxy) is 1. The molecule has 1 unspecified atom stereocenters. The van der Waals surface area contributed by atoms with E-state index in [2.05, 4.69) is 0 Å². The number of methoxy groups -OCH3 is 1. The maximum absolute atomic E-state index is 12.8. The fourth-order valence-electron chi connectivity index (χ4n) is 3.52.